The Balaban J connectivity index is 2.16. The summed E-state index contributed by atoms with van der Waals surface area (Å²) >= 11 is 0. The summed E-state index contributed by atoms with van der Waals surface area (Å²) in [5.74, 6) is 0.290. The van der Waals surface area contributed by atoms with Crippen molar-refractivity contribution in [2.45, 2.75) is 18.7 Å². The lowest BCUT2D eigenvalue weighted by Crippen LogP contribution is -2.09. The van der Waals surface area contributed by atoms with E-state index >= 15 is 0 Å². The molecule has 2 aromatic rings. The first kappa shape index (κ1) is 15.1. The predicted molar refractivity (Wildman–Crippen MR) is 71.9 cm³/mol. The van der Waals surface area contributed by atoms with E-state index in [-0.39, 0.29) is 6.42 Å². The quantitative estimate of drug-likeness (QED) is 0.763. The summed E-state index contributed by atoms with van der Waals surface area (Å²) in [6.45, 7) is 0. The number of rotatable bonds is 5. The Morgan fingerprint density at radius 1 is 1.00 bits per heavy atom. The molecule has 0 bridgehead atoms. The van der Waals surface area contributed by atoms with Gasteiger partial charge in [-0.3, -0.25) is 0 Å². The smallest absolute Gasteiger partial charge is 0.416 e. The Morgan fingerprint density at radius 2 is 1.62 bits per heavy atom. The first-order chi connectivity index (χ1) is 10.0. The van der Waals surface area contributed by atoms with E-state index in [0.29, 0.717) is 5.75 Å². The molecule has 2 aromatic carbocycles. The van der Waals surface area contributed by atoms with Gasteiger partial charge in [-0.25, -0.2) is 0 Å². The van der Waals surface area contributed by atoms with E-state index in [9.17, 15) is 18.0 Å². The molecule has 2 rings (SSSR count). The average molecular weight is 294 g/mol. The van der Waals surface area contributed by atoms with Crippen molar-refractivity contribution >= 4 is 6.29 Å². The zero-order valence-corrected chi connectivity index (χ0v) is 11.0. The van der Waals surface area contributed by atoms with Gasteiger partial charge < -0.3 is 9.53 Å². The molecule has 5 heteroatoms. The van der Waals surface area contributed by atoms with Crippen LogP contribution >= 0.6 is 0 Å². The van der Waals surface area contributed by atoms with E-state index in [4.69, 9.17) is 4.74 Å². The van der Waals surface area contributed by atoms with Gasteiger partial charge >= 0.3 is 6.18 Å². The van der Waals surface area contributed by atoms with E-state index in [1.807, 2.05) is 18.2 Å². The number of hydrogen-bond acceptors (Lipinski definition) is 2. The Bertz CT molecular complexity index is 577. The first-order valence-corrected chi connectivity index (χ1v) is 6.33. The largest absolute Gasteiger partial charge is 0.485 e. The normalized spacial score (nSPS) is 12.7. The minimum absolute atomic E-state index is 0.130. The maximum absolute atomic E-state index is 12.5. The van der Waals surface area contributed by atoms with Crippen LogP contribution in [-0.2, 0) is 11.0 Å². The standard InChI is InChI=1S/C16H13F3O2/c17-16(18,19)13-6-8-14(9-7-13)21-15(10-11-20)12-4-2-1-3-5-12/h1-9,11,15H,10H2. The van der Waals surface area contributed by atoms with Gasteiger partial charge in [-0.1, -0.05) is 30.3 Å². The van der Waals surface area contributed by atoms with Gasteiger partial charge in [0.15, 0.2) is 0 Å². The molecule has 21 heavy (non-hydrogen) atoms. The summed E-state index contributed by atoms with van der Waals surface area (Å²) in [6, 6.07) is 13.5. The first-order valence-electron chi connectivity index (χ1n) is 6.33. The van der Waals surface area contributed by atoms with Gasteiger partial charge in [-0.05, 0) is 29.8 Å². The van der Waals surface area contributed by atoms with Gasteiger partial charge in [0.1, 0.15) is 18.1 Å². The lowest BCUT2D eigenvalue weighted by molar-refractivity contribution is -0.137. The second kappa shape index (κ2) is 6.43. The molecular weight excluding hydrogens is 281 g/mol. The second-order valence-electron chi connectivity index (χ2n) is 4.44. The van der Waals surface area contributed by atoms with Gasteiger partial charge in [0.05, 0.1) is 5.56 Å². The van der Waals surface area contributed by atoms with Crippen molar-refractivity contribution in [2.75, 3.05) is 0 Å². The number of carbonyl (C=O) groups is 1. The Hall–Kier alpha value is -2.30. The minimum Gasteiger partial charge on any atom is -0.485 e. The molecule has 0 saturated heterocycles. The van der Waals surface area contributed by atoms with Crippen molar-refractivity contribution in [1.29, 1.82) is 0 Å². The van der Waals surface area contributed by atoms with Gasteiger partial charge in [-0.2, -0.15) is 13.2 Å². The molecule has 2 nitrogen and oxygen atoms in total. The van der Waals surface area contributed by atoms with Crippen LogP contribution in [0.4, 0.5) is 13.2 Å². The fraction of sp³-hybridized carbons (Fsp3) is 0.188. The summed E-state index contributed by atoms with van der Waals surface area (Å²) in [4.78, 5) is 10.7. The molecule has 0 aliphatic heterocycles. The minimum atomic E-state index is -4.37. The highest BCUT2D eigenvalue weighted by atomic mass is 19.4. The summed E-state index contributed by atoms with van der Waals surface area (Å²) in [5, 5.41) is 0. The van der Waals surface area contributed by atoms with Crippen LogP contribution in [0.25, 0.3) is 0 Å². The average Bonchev–Trinajstić information content (AvgIpc) is 2.47. The number of alkyl halides is 3. The van der Waals surface area contributed by atoms with Crippen molar-refractivity contribution in [2.24, 2.45) is 0 Å². The van der Waals surface area contributed by atoms with E-state index in [1.54, 1.807) is 12.1 Å². The molecule has 1 unspecified atom stereocenters. The van der Waals surface area contributed by atoms with E-state index in [2.05, 4.69) is 0 Å². The molecule has 0 N–H and O–H groups in total. The van der Waals surface area contributed by atoms with Crippen molar-refractivity contribution in [3.63, 3.8) is 0 Å². The number of ether oxygens (including phenoxy) is 1. The van der Waals surface area contributed by atoms with Crippen LogP contribution in [0.2, 0.25) is 0 Å². The fourth-order valence-corrected chi connectivity index (χ4v) is 1.89. The molecular formula is C16H13F3O2. The van der Waals surface area contributed by atoms with E-state index in [1.165, 1.54) is 12.1 Å². The van der Waals surface area contributed by atoms with Crippen molar-refractivity contribution < 1.29 is 22.7 Å². The molecule has 0 spiro atoms. The second-order valence-corrected chi connectivity index (χ2v) is 4.44. The van der Waals surface area contributed by atoms with Crippen LogP contribution in [-0.4, -0.2) is 6.29 Å². The molecule has 0 saturated carbocycles. The fourth-order valence-electron chi connectivity index (χ4n) is 1.89. The highest BCUT2D eigenvalue weighted by molar-refractivity contribution is 5.51. The number of hydrogen-bond donors (Lipinski definition) is 0. The summed E-state index contributed by atoms with van der Waals surface area (Å²) < 4.78 is 43.1. The zero-order valence-electron chi connectivity index (χ0n) is 11.0. The van der Waals surface area contributed by atoms with Crippen molar-refractivity contribution in [3.05, 3.63) is 65.7 Å². The molecule has 110 valence electrons. The molecule has 0 aromatic heterocycles. The molecule has 0 aliphatic carbocycles. The zero-order chi connectivity index (χ0) is 15.3. The Morgan fingerprint density at radius 3 is 2.14 bits per heavy atom. The topological polar surface area (TPSA) is 26.3 Å². The van der Waals surface area contributed by atoms with Crippen molar-refractivity contribution in [3.8, 4) is 5.75 Å². The number of halogens is 3. The lowest BCUT2D eigenvalue weighted by Gasteiger charge is -2.18. The summed E-state index contributed by atoms with van der Waals surface area (Å²) in [7, 11) is 0. The van der Waals surface area contributed by atoms with Crippen LogP contribution in [0.15, 0.2) is 54.6 Å². The number of aldehydes is 1. The van der Waals surface area contributed by atoms with Gasteiger partial charge in [0.25, 0.3) is 0 Å². The van der Waals surface area contributed by atoms with Crippen LogP contribution in [0.5, 0.6) is 5.75 Å². The number of carbonyl (C=O) groups excluding carboxylic acids is 1. The van der Waals surface area contributed by atoms with E-state index < -0.39 is 17.8 Å². The monoisotopic (exact) mass is 294 g/mol. The van der Waals surface area contributed by atoms with Crippen LogP contribution in [0.1, 0.15) is 23.7 Å². The maximum Gasteiger partial charge on any atom is 0.416 e. The molecule has 1 atom stereocenters. The van der Waals surface area contributed by atoms with E-state index in [0.717, 1.165) is 24.0 Å². The van der Waals surface area contributed by atoms with Crippen molar-refractivity contribution in [1.82, 2.24) is 0 Å². The van der Waals surface area contributed by atoms with Gasteiger partial charge in [0.2, 0.25) is 0 Å². The SMILES string of the molecule is O=CCC(Oc1ccc(C(F)(F)F)cc1)c1ccccc1. The molecule has 0 aliphatic rings. The molecule has 0 heterocycles. The number of benzene rings is 2. The third-order valence-electron chi connectivity index (χ3n) is 2.94. The highest BCUT2D eigenvalue weighted by Gasteiger charge is 2.30. The van der Waals surface area contributed by atoms with Crippen LogP contribution < -0.4 is 4.74 Å². The van der Waals surface area contributed by atoms with Crippen LogP contribution in [0.3, 0.4) is 0 Å². The third-order valence-corrected chi connectivity index (χ3v) is 2.94. The summed E-state index contributed by atoms with van der Waals surface area (Å²) in [5.41, 5.74) is 0.0611. The molecule has 0 fully saturated rings. The third kappa shape index (κ3) is 4.08. The van der Waals surface area contributed by atoms with Crippen LogP contribution in [0, 0.1) is 0 Å². The maximum atomic E-state index is 12.5. The van der Waals surface area contributed by atoms with Gasteiger partial charge in [-0.15, -0.1) is 0 Å². The molecule has 0 amide bonds. The molecule has 0 radical (unpaired) electrons. The highest BCUT2D eigenvalue weighted by Crippen LogP contribution is 2.31. The Labute approximate surface area is 120 Å². The lowest BCUT2D eigenvalue weighted by atomic mass is 10.1. The Kier molecular flexibility index (Phi) is 4.62. The summed E-state index contributed by atoms with van der Waals surface area (Å²) in [6.07, 6.45) is -4.03. The van der Waals surface area contributed by atoms with Gasteiger partial charge in [0, 0.05) is 6.42 Å². The predicted octanol–water partition coefficient (Wildman–Crippen LogP) is 4.41.